The third-order valence-corrected chi connectivity index (χ3v) is 3.03. The molecule has 1 amide bonds. The lowest BCUT2D eigenvalue weighted by Gasteiger charge is -2.11. The number of nitrogens with one attached hydrogen (secondary N) is 1. The number of ether oxygens (including phenoxy) is 3. The fourth-order valence-electron chi connectivity index (χ4n) is 1.96. The lowest BCUT2D eigenvalue weighted by molar-refractivity contribution is -0.274. The number of hydrogen-bond donors (Lipinski definition) is 1. The van der Waals surface area contributed by atoms with Crippen molar-refractivity contribution in [3.63, 3.8) is 0 Å². The summed E-state index contributed by atoms with van der Waals surface area (Å²) in [6.45, 7) is 0.126. The molecule has 1 N–H and O–H groups in total. The molecule has 0 heterocycles. The minimum Gasteiger partial charge on any atom is -0.493 e. The van der Waals surface area contributed by atoms with Gasteiger partial charge in [0.05, 0.1) is 20.1 Å². The monoisotopic (exact) mass is 355 g/mol. The second kappa shape index (κ2) is 8.27. The van der Waals surface area contributed by atoms with E-state index in [2.05, 4.69) is 10.1 Å². The minimum absolute atomic E-state index is 0.0683. The Hall–Kier alpha value is -2.90. The predicted octanol–water partition coefficient (Wildman–Crippen LogP) is 4.00. The molecule has 0 atom stereocenters. The highest BCUT2D eigenvalue weighted by Gasteiger charge is 2.30. The molecule has 5 nitrogen and oxygen atoms in total. The van der Waals surface area contributed by atoms with Gasteiger partial charge in [-0.05, 0) is 36.4 Å². The molecule has 8 heteroatoms. The Labute approximate surface area is 142 Å². The molecular weight excluding hydrogens is 339 g/mol. The van der Waals surface area contributed by atoms with Crippen LogP contribution in [-0.2, 0) is 4.79 Å². The molecule has 0 aliphatic rings. The maximum absolute atomic E-state index is 12.1. The zero-order chi connectivity index (χ0) is 18.3. The van der Waals surface area contributed by atoms with E-state index in [1.807, 2.05) is 0 Å². The Morgan fingerprint density at radius 3 is 2.28 bits per heavy atom. The van der Waals surface area contributed by atoms with Crippen LogP contribution < -0.4 is 19.5 Å². The Balaban J connectivity index is 1.80. The molecule has 0 aliphatic heterocycles. The molecule has 25 heavy (non-hydrogen) atoms. The Bertz CT molecular complexity index is 702. The van der Waals surface area contributed by atoms with Crippen molar-refractivity contribution < 1.29 is 32.2 Å². The van der Waals surface area contributed by atoms with Crippen LogP contribution in [0.3, 0.4) is 0 Å². The van der Waals surface area contributed by atoms with Crippen molar-refractivity contribution in [2.45, 2.75) is 12.8 Å². The maximum atomic E-state index is 12.1. The summed E-state index contributed by atoms with van der Waals surface area (Å²) in [5, 5.41) is 2.56. The van der Waals surface area contributed by atoms with Gasteiger partial charge in [0.2, 0.25) is 5.91 Å². The molecule has 2 aromatic carbocycles. The average Bonchev–Trinajstić information content (AvgIpc) is 2.56. The highest BCUT2D eigenvalue weighted by molar-refractivity contribution is 5.90. The second-order valence-electron chi connectivity index (χ2n) is 4.87. The lowest BCUT2D eigenvalue weighted by Crippen LogP contribution is -2.17. The van der Waals surface area contributed by atoms with Crippen molar-refractivity contribution in [1.29, 1.82) is 0 Å². The van der Waals surface area contributed by atoms with Crippen molar-refractivity contribution in [1.82, 2.24) is 0 Å². The number of halogens is 3. The van der Waals surface area contributed by atoms with Crippen LogP contribution in [0, 0.1) is 0 Å². The largest absolute Gasteiger partial charge is 0.573 e. The first-order chi connectivity index (χ1) is 11.9. The molecule has 0 saturated carbocycles. The van der Waals surface area contributed by atoms with E-state index in [0.29, 0.717) is 17.2 Å². The summed E-state index contributed by atoms with van der Waals surface area (Å²) < 4.78 is 50.6. The van der Waals surface area contributed by atoms with Gasteiger partial charge >= 0.3 is 6.36 Å². The number of amides is 1. The van der Waals surface area contributed by atoms with Crippen LogP contribution in [0.2, 0.25) is 0 Å². The van der Waals surface area contributed by atoms with Crippen molar-refractivity contribution in [3.05, 3.63) is 48.5 Å². The summed E-state index contributed by atoms with van der Waals surface area (Å²) in [5.41, 5.74) is 0.358. The van der Waals surface area contributed by atoms with E-state index in [9.17, 15) is 18.0 Å². The van der Waals surface area contributed by atoms with Crippen molar-refractivity contribution in [3.8, 4) is 17.2 Å². The Morgan fingerprint density at radius 1 is 1.04 bits per heavy atom. The number of methoxy groups -OCH3 is 1. The maximum Gasteiger partial charge on any atom is 0.573 e. The molecule has 0 bridgehead atoms. The van der Waals surface area contributed by atoms with E-state index in [4.69, 9.17) is 9.47 Å². The predicted molar refractivity (Wildman–Crippen MR) is 84.9 cm³/mol. The first-order valence-electron chi connectivity index (χ1n) is 7.29. The fraction of sp³-hybridized carbons (Fsp3) is 0.235. The Morgan fingerprint density at radius 2 is 1.68 bits per heavy atom. The third-order valence-electron chi connectivity index (χ3n) is 3.03. The quantitative estimate of drug-likeness (QED) is 0.816. The van der Waals surface area contributed by atoms with Crippen LogP contribution >= 0.6 is 0 Å². The highest BCUT2D eigenvalue weighted by atomic mass is 19.4. The Kier molecular flexibility index (Phi) is 6.10. The van der Waals surface area contributed by atoms with Gasteiger partial charge in [-0.15, -0.1) is 13.2 Å². The summed E-state index contributed by atoms with van der Waals surface area (Å²) in [7, 11) is 1.51. The van der Waals surface area contributed by atoms with Gasteiger partial charge in [-0.3, -0.25) is 4.79 Å². The molecule has 134 valence electrons. The van der Waals surface area contributed by atoms with Crippen LogP contribution in [0.15, 0.2) is 48.5 Å². The SMILES string of the molecule is COc1ccccc1OCCC(=O)Nc1ccc(OC(F)(F)F)cc1. The van der Waals surface area contributed by atoms with E-state index >= 15 is 0 Å². The third kappa shape index (κ3) is 6.25. The summed E-state index contributed by atoms with van der Waals surface area (Å²) >= 11 is 0. The van der Waals surface area contributed by atoms with Crippen LogP contribution in [-0.4, -0.2) is 26.0 Å². The fourth-order valence-corrected chi connectivity index (χ4v) is 1.96. The smallest absolute Gasteiger partial charge is 0.493 e. The number of carbonyl (C=O) groups excluding carboxylic acids is 1. The normalized spacial score (nSPS) is 10.9. The van der Waals surface area contributed by atoms with Crippen molar-refractivity contribution in [2.75, 3.05) is 19.0 Å². The van der Waals surface area contributed by atoms with Gasteiger partial charge in [-0.1, -0.05) is 12.1 Å². The molecule has 0 aliphatic carbocycles. The number of para-hydroxylation sites is 2. The second-order valence-corrected chi connectivity index (χ2v) is 4.87. The van der Waals surface area contributed by atoms with Gasteiger partial charge in [-0.25, -0.2) is 0 Å². The first-order valence-corrected chi connectivity index (χ1v) is 7.29. The number of anilines is 1. The van der Waals surface area contributed by atoms with Gasteiger partial charge in [0.1, 0.15) is 5.75 Å². The van der Waals surface area contributed by atoms with Crippen molar-refractivity contribution in [2.24, 2.45) is 0 Å². The van der Waals surface area contributed by atoms with Crippen LogP contribution in [0.4, 0.5) is 18.9 Å². The minimum atomic E-state index is -4.75. The topological polar surface area (TPSA) is 56.8 Å². The van der Waals surface area contributed by atoms with Crippen LogP contribution in [0.5, 0.6) is 17.2 Å². The van der Waals surface area contributed by atoms with Gasteiger partial charge < -0.3 is 19.5 Å². The van der Waals surface area contributed by atoms with Gasteiger partial charge in [-0.2, -0.15) is 0 Å². The zero-order valence-electron chi connectivity index (χ0n) is 13.3. The van der Waals surface area contributed by atoms with E-state index < -0.39 is 6.36 Å². The molecule has 0 spiro atoms. The van der Waals surface area contributed by atoms with Crippen LogP contribution in [0.1, 0.15) is 6.42 Å². The number of rotatable bonds is 7. The highest BCUT2D eigenvalue weighted by Crippen LogP contribution is 2.26. The standard InChI is InChI=1S/C17H16F3NO4/c1-23-14-4-2-3-5-15(14)24-11-10-16(22)21-12-6-8-13(9-7-12)25-17(18,19)20/h2-9H,10-11H2,1H3,(H,21,22). The molecule has 0 unspecified atom stereocenters. The van der Waals surface area contributed by atoms with Gasteiger partial charge in [0, 0.05) is 5.69 Å². The summed E-state index contributed by atoms with van der Waals surface area (Å²) in [6.07, 6.45) is -4.68. The van der Waals surface area contributed by atoms with E-state index in [-0.39, 0.29) is 24.7 Å². The van der Waals surface area contributed by atoms with Gasteiger partial charge in [0.15, 0.2) is 11.5 Å². The summed E-state index contributed by atoms with van der Waals surface area (Å²) in [5.74, 6) is 0.388. The molecule has 0 fully saturated rings. The molecule has 0 aromatic heterocycles. The lowest BCUT2D eigenvalue weighted by atomic mass is 10.3. The number of alkyl halides is 3. The molecule has 0 saturated heterocycles. The van der Waals surface area contributed by atoms with E-state index in [0.717, 1.165) is 12.1 Å². The van der Waals surface area contributed by atoms with E-state index in [1.165, 1.54) is 19.2 Å². The average molecular weight is 355 g/mol. The van der Waals surface area contributed by atoms with Gasteiger partial charge in [0.25, 0.3) is 0 Å². The first kappa shape index (κ1) is 18.4. The number of benzene rings is 2. The number of hydrogen-bond acceptors (Lipinski definition) is 4. The molecule has 0 radical (unpaired) electrons. The number of carbonyl (C=O) groups is 1. The molecular formula is C17H16F3NO4. The summed E-state index contributed by atoms with van der Waals surface area (Å²) in [6, 6.07) is 11.9. The van der Waals surface area contributed by atoms with E-state index in [1.54, 1.807) is 24.3 Å². The molecule has 2 rings (SSSR count). The van der Waals surface area contributed by atoms with Crippen LogP contribution in [0.25, 0.3) is 0 Å². The summed E-state index contributed by atoms with van der Waals surface area (Å²) in [4.78, 5) is 11.8. The molecule has 2 aromatic rings. The zero-order valence-corrected chi connectivity index (χ0v) is 13.3. The van der Waals surface area contributed by atoms with Crippen molar-refractivity contribution >= 4 is 11.6 Å².